The van der Waals surface area contributed by atoms with Crippen LogP contribution in [-0.4, -0.2) is 98.0 Å². The lowest BCUT2D eigenvalue weighted by Gasteiger charge is -2.58. The molecule has 0 unspecified atom stereocenters. The van der Waals surface area contributed by atoms with E-state index in [1.807, 2.05) is 6.92 Å². The summed E-state index contributed by atoms with van der Waals surface area (Å²) < 4.78 is 0.882. The maximum absolute atomic E-state index is 12.8. The topological polar surface area (TPSA) is 94.4 Å². The van der Waals surface area contributed by atoms with Crippen LogP contribution in [0.3, 0.4) is 0 Å². The Bertz CT molecular complexity index is 930. The van der Waals surface area contributed by atoms with Gasteiger partial charge in [0.15, 0.2) is 0 Å². The van der Waals surface area contributed by atoms with E-state index < -0.39 is 6.09 Å². The van der Waals surface area contributed by atoms with Crippen molar-refractivity contribution in [2.45, 2.75) is 78.2 Å². The molecule has 0 aromatic carbocycles. The number of amides is 1. The molecule has 0 radical (unpaired) electrons. The number of allylic oxidation sites excluding steroid dienone is 1. The van der Waals surface area contributed by atoms with Gasteiger partial charge in [0, 0.05) is 32.1 Å². The summed E-state index contributed by atoms with van der Waals surface area (Å²) >= 11 is 0. The summed E-state index contributed by atoms with van der Waals surface area (Å²) in [6.45, 7) is 10.1. The molecule has 222 valence electrons. The predicted molar refractivity (Wildman–Crippen MR) is 155 cm³/mol. The van der Waals surface area contributed by atoms with E-state index in [0.717, 1.165) is 55.4 Å². The molecule has 0 bridgehead atoms. The molecule has 0 saturated heterocycles. The Labute approximate surface area is 236 Å². The van der Waals surface area contributed by atoms with Gasteiger partial charge in [0.25, 0.3) is 0 Å². The third-order valence-corrected chi connectivity index (χ3v) is 11.0. The van der Waals surface area contributed by atoms with E-state index in [1.165, 1.54) is 29.7 Å². The Hall–Kier alpha value is -1.48. The smallest absolute Gasteiger partial charge is 0.395 e. The number of hydrogen-bond donors (Lipinski definition) is 3. The van der Waals surface area contributed by atoms with Crippen molar-refractivity contribution in [2.24, 2.45) is 39.7 Å². The van der Waals surface area contributed by atoms with Crippen molar-refractivity contribution in [2.75, 3.05) is 60.5 Å². The van der Waals surface area contributed by atoms with Crippen LogP contribution in [0.1, 0.15) is 72.1 Å². The fraction of sp³-hybridized carbons (Fsp3) is 0.871. The van der Waals surface area contributed by atoms with Crippen LogP contribution in [0, 0.1) is 34.5 Å². The van der Waals surface area contributed by atoms with E-state index in [1.54, 1.807) is 0 Å². The minimum atomic E-state index is -0.488. The molecule has 0 aliphatic heterocycles. The second kappa shape index (κ2) is 12.2. The molecule has 7 atom stereocenters. The lowest BCUT2D eigenvalue weighted by Crippen LogP contribution is -2.50. The lowest BCUT2D eigenvalue weighted by molar-refractivity contribution is -0.869. The predicted octanol–water partition coefficient (Wildman–Crippen LogP) is 4.03. The number of oxime groups is 1. The normalized spacial score (nSPS) is 36.5. The molecule has 39 heavy (non-hydrogen) atoms. The summed E-state index contributed by atoms with van der Waals surface area (Å²) in [4.78, 5) is 19.9. The number of carbonyl (C=O) groups excluding carboxylic acids is 1. The molecule has 1 amide bonds. The number of fused-ring (bicyclic) bond motifs is 5. The SMILES string of the molecule is C/C(=N\OC(=O)N(CCO)CCNCC[N+](C)(C)C)[C@H]1CC[C@H]2[C@@H]3CC=C4C[C@@H](O)CC[C@]4(C)[C@H]3CC[C@]12C. The fourth-order valence-corrected chi connectivity index (χ4v) is 8.73. The van der Waals surface area contributed by atoms with Gasteiger partial charge >= 0.3 is 6.09 Å². The van der Waals surface area contributed by atoms with Crippen molar-refractivity contribution in [3.8, 4) is 0 Å². The van der Waals surface area contributed by atoms with Crippen molar-refractivity contribution >= 4 is 11.8 Å². The van der Waals surface area contributed by atoms with Gasteiger partial charge < -0.3 is 24.9 Å². The Kier molecular flexibility index (Phi) is 9.51. The lowest BCUT2D eigenvalue weighted by atomic mass is 9.47. The van der Waals surface area contributed by atoms with Crippen LogP contribution in [-0.2, 0) is 4.84 Å². The fourth-order valence-electron chi connectivity index (χ4n) is 8.73. The maximum atomic E-state index is 12.8. The highest BCUT2D eigenvalue weighted by Gasteiger charge is 2.59. The van der Waals surface area contributed by atoms with Crippen LogP contribution in [0.4, 0.5) is 4.79 Å². The average Bonchev–Trinajstić information content (AvgIpc) is 3.23. The number of nitrogens with one attached hydrogen (secondary N) is 1. The zero-order valence-electron chi connectivity index (χ0n) is 25.4. The van der Waals surface area contributed by atoms with E-state index in [9.17, 15) is 15.0 Å². The highest BCUT2D eigenvalue weighted by molar-refractivity contribution is 5.85. The standard InChI is InChI=1S/C31H55N4O4/c1-22(33-39-29(38)34(18-20-36)17-15-32-16-19-35(4,5)6)26-9-10-27-25-8-7-23-21-24(37)11-13-30(23,2)28(25)12-14-31(26,27)3/h7,24-28,32,36-37H,8-21H2,1-6H3/q+1/b33-22+/t24-,25-,26+,27-,28-,30-,31+/m0/s1. The first-order valence-corrected chi connectivity index (χ1v) is 15.4. The van der Waals surface area contributed by atoms with E-state index in [0.29, 0.717) is 36.8 Å². The Morgan fingerprint density at radius 3 is 2.62 bits per heavy atom. The molecule has 4 rings (SSSR count). The van der Waals surface area contributed by atoms with Crippen molar-refractivity contribution in [1.29, 1.82) is 0 Å². The summed E-state index contributed by atoms with van der Waals surface area (Å²) in [5, 5.41) is 27.5. The van der Waals surface area contributed by atoms with E-state index in [-0.39, 0.29) is 30.1 Å². The van der Waals surface area contributed by atoms with Crippen LogP contribution < -0.4 is 5.32 Å². The molecular weight excluding hydrogens is 492 g/mol. The average molecular weight is 548 g/mol. The summed E-state index contributed by atoms with van der Waals surface area (Å²) in [6.07, 6.45) is 10.6. The highest BCUT2D eigenvalue weighted by Crippen LogP contribution is 2.66. The number of carbonyl (C=O) groups is 1. The van der Waals surface area contributed by atoms with Gasteiger partial charge in [-0.25, -0.2) is 4.79 Å². The number of rotatable bonds is 10. The maximum Gasteiger partial charge on any atom is 0.436 e. The van der Waals surface area contributed by atoms with Crippen molar-refractivity contribution in [1.82, 2.24) is 10.2 Å². The van der Waals surface area contributed by atoms with Gasteiger partial charge in [0.2, 0.25) is 0 Å². The van der Waals surface area contributed by atoms with Crippen molar-refractivity contribution in [3.05, 3.63) is 11.6 Å². The van der Waals surface area contributed by atoms with Crippen molar-refractivity contribution < 1.29 is 24.3 Å². The zero-order chi connectivity index (χ0) is 28.4. The first-order valence-electron chi connectivity index (χ1n) is 15.4. The van der Waals surface area contributed by atoms with Gasteiger partial charge in [0.05, 0.1) is 46.1 Å². The van der Waals surface area contributed by atoms with Gasteiger partial charge in [-0.3, -0.25) is 4.84 Å². The molecule has 4 aliphatic carbocycles. The van der Waals surface area contributed by atoms with E-state index in [4.69, 9.17) is 4.84 Å². The van der Waals surface area contributed by atoms with Gasteiger partial charge in [0.1, 0.15) is 0 Å². The van der Waals surface area contributed by atoms with Gasteiger partial charge in [-0.05, 0) is 86.9 Å². The molecule has 8 heteroatoms. The van der Waals surface area contributed by atoms with Crippen LogP contribution in [0.15, 0.2) is 16.8 Å². The summed E-state index contributed by atoms with van der Waals surface area (Å²) in [6, 6.07) is 0. The van der Waals surface area contributed by atoms with Crippen LogP contribution in [0.5, 0.6) is 0 Å². The number of likely N-dealkylation sites (N-methyl/N-ethyl adjacent to an activating group) is 1. The monoisotopic (exact) mass is 547 g/mol. The number of aliphatic hydroxyl groups is 2. The number of hydrogen-bond acceptors (Lipinski definition) is 6. The van der Waals surface area contributed by atoms with Gasteiger partial charge in [-0.1, -0.05) is 30.7 Å². The Morgan fingerprint density at radius 1 is 1.13 bits per heavy atom. The first-order chi connectivity index (χ1) is 18.4. The third kappa shape index (κ3) is 6.55. The van der Waals surface area contributed by atoms with Gasteiger partial charge in [-0.15, -0.1) is 0 Å². The molecule has 3 fully saturated rings. The largest absolute Gasteiger partial charge is 0.436 e. The van der Waals surface area contributed by atoms with Crippen molar-refractivity contribution in [3.63, 3.8) is 0 Å². The van der Waals surface area contributed by atoms with Crippen LogP contribution in [0.25, 0.3) is 0 Å². The Balaban J connectivity index is 1.36. The minimum Gasteiger partial charge on any atom is -0.395 e. The third-order valence-electron chi connectivity index (χ3n) is 11.0. The summed E-state index contributed by atoms with van der Waals surface area (Å²) in [5.74, 6) is 2.39. The van der Waals surface area contributed by atoms with E-state index >= 15 is 0 Å². The van der Waals surface area contributed by atoms with Crippen LogP contribution in [0.2, 0.25) is 0 Å². The number of quaternary nitrogens is 1. The molecule has 3 saturated carbocycles. The molecule has 8 nitrogen and oxygen atoms in total. The van der Waals surface area contributed by atoms with E-state index in [2.05, 4.69) is 51.5 Å². The first kappa shape index (κ1) is 30.5. The summed E-state index contributed by atoms with van der Waals surface area (Å²) in [7, 11) is 6.46. The molecule has 3 N–H and O–H groups in total. The second-order valence-corrected chi connectivity index (χ2v) is 14.4. The molecular formula is C31H55N4O4+. The Morgan fingerprint density at radius 2 is 1.90 bits per heavy atom. The molecule has 4 aliphatic rings. The number of nitrogens with zero attached hydrogens (tertiary/aromatic N) is 3. The highest BCUT2D eigenvalue weighted by atomic mass is 16.7. The molecule has 0 aromatic heterocycles. The van der Waals surface area contributed by atoms with Crippen LogP contribution >= 0.6 is 0 Å². The molecule has 0 heterocycles. The number of aliphatic hydroxyl groups excluding tert-OH is 2. The van der Waals surface area contributed by atoms with Gasteiger partial charge in [-0.2, -0.15) is 0 Å². The molecule has 0 spiro atoms. The minimum absolute atomic E-state index is 0.102. The summed E-state index contributed by atoms with van der Waals surface area (Å²) in [5.41, 5.74) is 2.87. The quantitative estimate of drug-likeness (QED) is 0.0959. The second-order valence-electron chi connectivity index (χ2n) is 14.4. The molecule has 0 aromatic rings. The zero-order valence-corrected chi connectivity index (χ0v) is 25.4.